The molecule has 104 valence electrons. The number of nitrogens with one attached hydrogen (secondary N) is 1. The molecule has 0 saturated heterocycles. The van der Waals surface area contributed by atoms with E-state index < -0.39 is 0 Å². The Morgan fingerprint density at radius 3 is 1.80 bits per heavy atom. The summed E-state index contributed by atoms with van der Waals surface area (Å²) in [6, 6.07) is 19.7. The molecule has 3 heteroatoms. The summed E-state index contributed by atoms with van der Waals surface area (Å²) in [5.41, 5.74) is 4.86. The highest BCUT2D eigenvalue weighted by Gasteiger charge is 2.13. The normalized spacial score (nSPS) is 10.3. The molecule has 0 aliphatic carbocycles. The van der Waals surface area contributed by atoms with Gasteiger partial charge in [0.05, 0.1) is 11.4 Å². The lowest BCUT2D eigenvalue weighted by Gasteiger charge is -2.25. The molecule has 0 saturated carbocycles. The summed E-state index contributed by atoms with van der Waals surface area (Å²) in [7, 11) is 0. The number of benzene rings is 2. The van der Waals surface area contributed by atoms with Crippen LogP contribution in [0.5, 0.6) is 0 Å². The van der Waals surface area contributed by atoms with Crippen molar-refractivity contribution in [2.75, 3.05) is 5.01 Å². The number of hydrogen-bond donors (Lipinski definition) is 1. The van der Waals surface area contributed by atoms with Crippen LogP contribution in [0.4, 0.5) is 11.4 Å². The van der Waals surface area contributed by atoms with Crippen molar-refractivity contribution in [3.8, 4) is 0 Å². The van der Waals surface area contributed by atoms with Crippen molar-refractivity contribution in [1.82, 2.24) is 5.43 Å². The highest BCUT2D eigenvalue weighted by atomic mass is 16.2. The summed E-state index contributed by atoms with van der Waals surface area (Å²) >= 11 is 0. The largest absolute Gasteiger partial charge is 0.273 e. The number of amides is 1. The van der Waals surface area contributed by atoms with E-state index in [0.29, 0.717) is 12.3 Å². The van der Waals surface area contributed by atoms with Gasteiger partial charge in [0.1, 0.15) is 0 Å². The predicted molar refractivity (Wildman–Crippen MR) is 82.6 cm³/mol. The van der Waals surface area contributed by atoms with Gasteiger partial charge in [-0.2, -0.15) is 0 Å². The molecule has 1 amide bonds. The van der Waals surface area contributed by atoms with Crippen molar-refractivity contribution in [3.05, 3.63) is 60.7 Å². The molecule has 0 radical (unpaired) electrons. The van der Waals surface area contributed by atoms with Gasteiger partial charge in [-0.3, -0.25) is 15.2 Å². The number of rotatable bonds is 5. The topological polar surface area (TPSA) is 32.3 Å². The van der Waals surface area contributed by atoms with E-state index in [9.17, 15) is 4.79 Å². The first kappa shape index (κ1) is 14.1. The lowest BCUT2D eigenvalue weighted by Crippen LogP contribution is -2.39. The highest BCUT2D eigenvalue weighted by Crippen LogP contribution is 2.22. The second-order valence-corrected chi connectivity index (χ2v) is 5.14. The Morgan fingerprint density at radius 2 is 1.40 bits per heavy atom. The minimum absolute atomic E-state index is 0.0210. The van der Waals surface area contributed by atoms with Gasteiger partial charge < -0.3 is 0 Å². The van der Waals surface area contributed by atoms with Crippen molar-refractivity contribution in [2.45, 2.75) is 20.3 Å². The first-order valence-corrected chi connectivity index (χ1v) is 6.86. The zero-order chi connectivity index (χ0) is 14.4. The molecule has 2 aromatic rings. The van der Waals surface area contributed by atoms with Crippen molar-refractivity contribution >= 4 is 17.3 Å². The number of hydrogen-bond acceptors (Lipinski definition) is 2. The van der Waals surface area contributed by atoms with Crippen LogP contribution in [0, 0.1) is 5.92 Å². The van der Waals surface area contributed by atoms with E-state index >= 15 is 0 Å². The summed E-state index contributed by atoms with van der Waals surface area (Å²) < 4.78 is 0. The number of carbonyl (C=O) groups is 1. The SMILES string of the molecule is CC(C)CC(=O)NN(c1ccccc1)c1ccccc1. The van der Waals surface area contributed by atoms with Crippen molar-refractivity contribution in [3.63, 3.8) is 0 Å². The van der Waals surface area contributed by atoms with E-state index in [1.54, 1.807) is 0 Å². The van der Waals surface area contributed by atoms with E-state index in [0.717, 1.165) is 11.4 Å². The maximum atomic E-state index is 12.1. The zero-order valence-corrected chi connectivity index (χ0v) is 11.9. The molecule has 0 fully saturated rings. The van der Waals surface area contributed by atoms with Gasteiger partial charge in [0.25, 0.3) is 0 Å². The molecule has 0 aliphatic rings. The van der Waals surface area contributed by atoms with Crippen LogP contribution in [-0.2, 0) is 4.79 Å². The smallest absolute Gasteiger partial charge is 0.239 e. The van der Waals surface area contributed by atoms with E-state index in [4.69, 9.17) is 0 Å². The monoisotopic (exact) mass is 268 g/mol. The second kappa shape index (κ2) is 6.75. The summed E-state index contributed by atoms with van der Waals surface area (Å²) in [6.45, 7) is 4.07. The van der Waals surface area contributed by atoms with Gasteiger partial charge in [-0.15, -0.1) is 0 Å². The maximum absolute atomic E-state index is 12.1. The molecule has 0 heterocycles. The fraction of sp³-hybridized carbons (Fsp3) is 0.235. The molecular formula is C17H20N2O. The van der Waals surface area contributed by atoms with E-state index in [2.05, 4.69) is 5.43 Å². The molecule has 0 bridgehead atoms. The maximum Gasteiger partial charge on any atom is 0.239 e. The van der Waals surface area contributed by atoms with Crippen LogP contribution < -0.4 is 10.4 Å². The first-order chi connectivity index (χ1) is 9.66. The average molecular weight is 268 g/mol. The molecule has 2 rings (SSSR count). The Morgan fingerprint density at radius 1 is 0.950 bits per heavy atom. The first-order valence-electron chi connectivity index (χ1n) is 6.86. The van der Waals surface area contributed by atoms with E-state index in [1.807, 2.05) is 79.5 Å². The van der Waals surface area contributed by atoms with Crippen LogP contribution in [-0.4, -0.2) is 5.91 Å². The van der Waals surface area contributed by atoms with Gasteiger partial charge in [0.15, 0.2) is 0 Å². The van der Waals surface area contributed by atoms with Crippen molar-refractivity contribution in [2.24, 2.45) is 5.92 Å². The van der Waals surface area contributed by atoms with E-state index in [1.165, 1.54) is 0 Å². The van der Waals surface area contributed by atoms with E-state index in [-0.39, 0.29) is 5.91 Å². The van der Waals surface area contributed by atoms with Gasteiger partial charge in [-0.25, -0.2) is 0 Å². The Hall–Kier alpha value is -2.29. The third-order valence-corrected chi connectivity index (χ3v) is 2.86. The van der Waals surface area contributed by atoms with Gasteiger partial charge in [0.2, 0.25) is 5.91 Å². The summed E-state index contributed by atoms with van der Waals surface area (Å²) in [4.78, 5) is 12.1. The molecule has 0 aromatic heterocycles. The quantitative estimate of drug-likeness (QED) is 0.834. The zero-order valence-electron chi connectivity index (χ0n) is 11.9. The molecule has 20 heavy (non-hydrogen) atoms. The summed E-state index contributed by atoms with van der Waals surface area (Å²) in [6.07, 6.45) is 0.510. The Bertz CT molecular complexity index is 498. The molecule has 0 atom stereocenters. The molecule has 1 N–H and O–H groups in total. The standard InChI is InChI=1S/C17H20N2O/c1-14(2)13-17(20)18-19(15-9-5-3-6-10-15)16-11-7-4-8-12-16/h3-12,14H,13H2,1-2H3,(H,18,20). The highest BCUT2D eigenvalue weighted by molar-refractivity contribution is 5.80. The molecule has 3 nitrogen and oxygen atoms in total. The number of anilines is 2. The molecule has 0 unspecified atom stereocenters. The van der Waals surface area contributed by atoms with Crippen LogP contribution in [0.3, 0.4) is 0 Å². The fourth-order valence-electron chi connectivity index (χ4n) is 1.97. The van der Waals surface area contributed by atoms with Gasteiger partial charge >= 0.3 is 0 Å². The summed E-state index contributed by atoms with van der Waals surface area (Å²) in [5.74, 6) is 0.358. The Labute approximate surface area is 120 Å². The van der Waals surface area contributed by atoms with Gasteiger partial charge in [0, 0.05) is 6.42 Å². The number of carbonyl (C=O) groups excluding carboxylic acids is 1. The minimum atomic E-state index is 0.0210. The second-order valence-electron chi connectivity index (χ2n) is 5.14. The van der Waals surface area contributed by atoms with Crippen LogP contribution in [0.1, 0.15) is 20.3 Å². The Kier molecular flexibility index (Phi) is 4.77. The number of nitrogens with zero attached hydrogens (tertiary/aromatic N) is 1. The van der Waals surface area contributed by atoms with Crippen LogP contribution in [0.25, 0.3) is 0 Å². The number of para-hydroxylation sites is 2. The lowest BCUT2D eigenvalue weighted by molar-refractivity contribution is -0.121. The third-order valence-electron chi connectivity index (χ3n) is 2.86. The van der Waals surface area contributed by atoms with Gasteiger partial charge in [-0.05, 0) is 30.2 Å². The van der Waals surface area contributed by atoms with Crippen LogP contribution in [0.2, 0.25) is 0 Å². The third kappa shape index (κ3) is 3.85. The lowest BCUT2D eigenvalue weighted by atomic mass is 10.1. The van der Waals surface area contributed by atoms with Crippen molar-refractivity contribution in [1.29, 1.82) is 0 Å². The van der Waals surface area contributed by atoms with Crippen LogP contribution >= 0.6 is 0 Å². The molecule has 0 aliphatic heterocycles. The summed E-state index contributed by atoms with van der Waals surface area (Å²) in [5, 5.41) is 1.82. The van der Waals surface area contributed by atoms with Crippen LogP contribution in [0.15, 0.2) is 60.7 Å². The number of hydrazine groups is 1. The predicted octanol–water partition coefficient (Wildman–Crippen LogP) is 3.90. The molecular weight excluding hydrogens is 248 g/mol. The minimum Gasteiger partial charge on any atom is -0.273 e. The average Bonchev–Trinajstić information content (AvgIpc) is 2.46. The van der Waals surface area contributed by atoms with Crippen molar-refractivity contribution < 1.29 is 4.79 Å². The Balaban J connectivity index is 2.24. The fourth-order valence-corrected chi connectivity index (χ4v) is 1.97. The molecule has 2 aromatic carbocycles. The molecule has 0 spiro atoms. The van der Waals surface area contributed by atoms with Gasteiger partial charge in [-0.1, -0.05) is 50.2 Å².